The van der Waals surface area contributed by atoms with Crippen LogP contribution in [0, 0.1) is 0 Å². The number of nitrogens with two attached hydrogens (primary N) is 1. The quantitative estimate of drug-likeness (QED) is 0.587. The molecule has 0 saturated heterocycles. The van der Waals surface area contributed by atoms with E-state index < -0.39 is 0 Å². The van der Waals surface area contributed by atoms with Gasteiger partial charge in [-0.1, -0.05) is 17.7 Å². The van der Waals surface area contributed by atoms with E-state index >= 15 is 0 Å². The van der Waals surface area contributed by atoms with Crippen LogP contribution in [0.3, 0.4) is 0 Å². The monoisotopic (exact) mass is 137 g/mol. The topological polar surface area (TPSA) is 26.0 Å². The summed E-state index contributed by atoms with van der Waals surface area (Å²) < 4.78 is 0. The fourth-order valence-electron chi connectivity index (χ4n) is 1.43. The summed E-state index contributed by atoms with van der Waals surface area (Å²) in [5.74, 6) is 0. The molecule has 0 aromatic heterocycles. The average molecular weight is 137 g/mol. The first-order valence-corrected chi connectivity index (χ1v) is 3.83. The van der Waals surface area contributed by atoms with Gasteiger partial charge in [-0.15, -0.1) is 0 Å². The van der Waals surface area contributed by atoms with E-state index in [1.807, 2.05) is 6.92 Å². The Labute approximate surface area is 62.6 Å². The summed E-state index contributed by atoms with van der Waals surface area (Å²) in [5.41, 5.74) is 8.66. The molecule has 1 nitrogen and oxygen atoms in total. The van der Waals surface area contributed by atoms with Crippen LogP contribution < -0.4 is 5.73 Å². The SMILES string of the molecule is C/C=C\C1=C(C)CC[C@H]1N. The van der Waals surface area contributed by atoms with E-state index in [0.29, 0.717) is 6.04 Å². The predicted molar refractivity (Wildman–Crippen MR) is 44.7 cm³/mol. The summed E-state index contributed by atoms with van der Waals surface area (Å²) in [4.78, 5) is 0. The van der Waals surface area contributed by atoms with Crippen molar-refractivity contribution in [1.29, 1.82) is 0 Å². The van der Waals surface area contributed by atoms with Crippen molar-refractivity contribution in [2.75, 3.05) is 0 Å². The molecule has 0 bridgehead atoms. The molecule has 0 aliphatic heterocycles. The summed E-state index contributed by atoms with van der Waals surface area (Å²) in [6.07, 6.45) is 6.50. The highest BCUT2D eigenvalue weighted by Gasteiger charge is 2.16. The van der Waals surface area contributed by atoms with Gasteiger partial charge >= 0.3 is 0 Å². The lowest BCUT2D eigenvalue weighted by Gasteiger charge is -2.03. The molecule has 0 saturated carbocycles. The largest absolute Gasteiger partial charge is 0.324 e. The van der Waals surface area contributed by atoms with Gasteiger partial charge in [-0.3, -0.25) is 0 Å². The summed E-state index contributed by atoms with van der Waals surface area (Å²) in [6.45, 7) is 4.20. The summed E-state index contributed by atoms with van der Waals surface area (Å²) in [7, 11) is 0. The molecule has 0 amide bonds. The molecule has 0 unspecified atom stereocenters. The Kier molecular flexibility index (Phi) is 2.28. The average Bonchev–Trinajstić information content (AvgIpc) is 2.20. The lowest BCUT2D eigenvalue weighted by atomic mass is 10.1. The zero-order valence-electron chi connectivity index (χ0n) is 6.72. The van der Waals surface area contributed by atoms with Gasteiger partial charge in [-0.2, -0.15) is 0 Å². The Morgan fingerprint density at radius 3 is 2.70 bits per heavy atom. The molecule has 1 rings (SSSR count). The molecule has 2 N–H and O–H groups in total. The Morgan fingerprint density at radius 2 is 2.30 bits per heavy atom. The van der Waals surface area contributed by atoms with Gasteiger partial charge in [0.2, 0.25) is 0 Å². The lowest BCUT2D eigenvalue weighted by Crippen LogP contribution is -2.17. The van der Waals surface area contributed by atoms with Gasteiger partial charge < -0.3 is 5.73 Å². The zero-order valence-corrected chi connectivity index (χ0v) is 6.72. The molecule has 0 spiro atoms. The lowest BCUT2D eigenvalue weighted by molar-refractivity contribution is 0.758. The van der Waals surface area contributed by atoms with Crippen LogP contribution in [0.4, 0.5) is 0 Å². The molecule has 0 fully saturated rings. The van der Waals surface area contributed by atoms with Crippen LogP contribution in [0.2, 0.25) is 0 Å². The Morgan fingerprint density at radius 1 is 1.60 bits per heavy atom. The third kappa shape index (κ3) is 1.29. The molecule has 1 heteroatoms. The van der Waals surface area contributed by atoms with Crippen LogP contribution in [0.1, 0.15) is 26.7 Å². The predicted octanol–water partition coefficient (Wildman–Crippen LogP) is 2.00. The third-order valence-electron chi connectivity index (χ3n) is 2.07. The van der Waals surface area contributed by atoms with E-state index in [2.05, 4.69) is 19.1 Å². The normalized spacial score (nSPS) is 26.9. The molecule has 1 aliphatic carbocycles. The smallest absolute Gasteiger partial charge is 0.0297 e. The van der Waals surface area contributed by atoms with Crippen molar-refractivity contribution < 1.29 is 0 Å². The van der Waals surface area contributed by atoms with E-state index in [1.54, 1.807) is 0 Å². The number of allylic oxidation sites excluding steroid dienone is 2. The van der Waals surface area contributed by atoms with Gasteiger partial charge in [0.15, 0.2) is 0 Å². The van der Waals surface area contributed by atoms with Crippen molar-refractivity contribution in [3.05, 3.63) is 23.3 Å². The van der Waals surface area contributed by atoms with Crippen molar-refractivity contribution in [2.45, 2.75) is 32.7 Å². The molecule has 0 heterocycles. The molecule has 10 heavy (non-hydrogen) atoms. The van der Waals surface area contributed by atoms with Crippen LogP contribution in [-0.4, -0.2) is 6.04 Å². The Balaban J connectivity index is 2.77. The first-order valence-electron chi connectivity index (χ1n) is 3.83. The fourth-order valence-corrected chi connectivity index (χ4v) is 1.43. The maximum absolute atomic E-state index is 5.85. The second-order valence-electron chi connectivity index (χ2n) is 2.88. The molecule has 0 aromatic carbocycles. The van der Waals surface area contributed by atoms with Gasteiger partial charge in [0.05, 0.1) is 0 Å². The molecule has 1 aliphatic rings. The van der Waals surface area contributed by atoms with Gasteiger partial charge in [0.25, 0.3) is 0 Å². The maximum Gasteiger partial charge on any atom is 0.0297 e. The molecule has 1 atom stereocenters. The second-order valence-corrected chi connectivity index (χ2v) is 2.88. The van der Waals surface area contributed by atoms with E-state index in [4.69, 9.17) is 5.73 Å². The van der Waals surface area contributed by atoms with E-state index in [-0.39, 0.29) is 0 Å². The molecule has 56 valence electrons. The molecule has 0 radical (unpaired) electrons. The van der Waals surface area contributed by atoms with Crippen molar-refractivity contribution in [1.82, 2.24) is 0 Å². The van der Waals surface area contributed by atoms with E-state index in [1.165, 1.54) is 17.6 Å². The minimum absolute atomic E-state index is 0.302. The van der Waals surface area contributed by atoms with E-state index in [0.717, 1.165) is 6.42 Å². The maximum atomic E-state index is 5.85. The number of hydrogen-bond donors (Lipinski definition) is 1. The zero-order chi connectivity index (χ0) is 7.56. The number of hydrogen-bond acceptors (Lipinski definition) is 1. The minimum atomic E-state index is 0.302. The van der Waals surface area contributed by atoms with Gasteiger partial charge in [-0.25, -0.2) is 0 Å². The Hall–Kier alpha value is -0.560. The first-order chi connectivity index (χ1) is 4.75. The van der Waals surface area contributed by atoms with Crippen LogP contribution in [0.5, 0.6) is 0 Å². The highest BCUT2D eigenvalue weighted by Crippen LogP contribution is 2.25. The molecule has 0 aromatic rings. The second kappa shape index (κ2) is 3.02. The van der Waals surface area contributed by atoms with E-state index in [9.17, 15) is 0 Å². The van der Waals surface area contributed by atoms with Crippen molar-refractivity contribution >= 4 is 0 Å². The highest BCUT2D eigenvalue weighted by molar-refractivity contribution is 5.33. The Bertz CT molecular complexity index is 177. The van der Waals surface area contributed by atoms with Crippen LogP contribution in [0.25, 0.3) is 0 Å². The minimum Gasteiger partial charge on any atom is -0.324 e. The molecular formula is C9H15N. The summed E-state index contributed by atoms with van der Waals surface area (Å²) in [6, 6.07) is 0.302. The fraction of sp³-hybridized carbons (Fsp3) is 0.556. The highest BCUT2D eigenvalue weighted by atomic mass is 14.6. The first kappa shape index (κ1) is 7.55. The van der Waals surface area contributed by atoms with Gasteiger partial charge in [-0.05, 0) is 32.3 Å². The third-order valence-corrected chi connectivity index (χ3v) is 2.07. The summed E-state index contributed by atoms with van der Waals surface area (Å²) >= 11 is 0. The van der Waals surface area contributed by atoms with Crippen molar-refractivity contribution in [3.8, 4) is 0 Å². The van der Waals surface area contributed by atoms with Crippen molar-refractivity contribution in [3.63, 3.8) is 0 Å². The van der Waals surface area contributed by atoms with Crippen LogP contribution >= 0.6 is 0 Å². The molecular weight excluding hydrogens is 122 g/mol. The van der Waals surface area contributed by atoms with Gasteiger partial charge in [0, 0.05) is 6.04 Å². The van der Waals surface area contributed by atoms with Crippen molar-refractivity contribution in [2.24, 2.45) is 5.73 Å². The number of rotatable bonds is 1. The standard InChI is InChI=1S/C9H15N/c1-3-4-8-7(2)5-6-9(8)10/h3-4,9H,5-6,10H2,1-2H3/b4-3-/t9-/m1/s1. The van der Waals surface area contributed by atoms with Gasteiger partial charge in [0.1, 0.15) is 0 Å². The summed E-state index contributed by atoms with van der Waals surface area (Å²) in [5, 5.41) is 0. The van der Waals surface area contributed by atoms with Crippen LogP contribution in [0.15, 0.2) is 23.3 Å². The van der Waals surface area contributed by atoms with Crippen LogP contribution in [-0.2, 0) is 0 Å².